The van der Waals surface area contributed by atoms with E-state index in [0.29, 0.717) is 19.8 Å². The van der Waals surface area contributed by atoms with Gasteiger partial charge >= 0.3 is 0 Å². The van der Waals surface area contributed by atoms with E-state index in [0.717, 1.165) is 28.2 Å². The van der Waals surface area contributed by atoms with Crippen molar-refractivity contribution >= 4 is 43.1 Å². The average molecular weight is 839 g/mol. The Kier molecular flexibility index (Phi) is 10.8. The molecule has 0 saturated carbocycles. The van der Waals surface area contributed by atoms with Gasteiger partial charge in [-0.15, -0.1) is 0 Å². The van der Waals surface area contributed by atoms with Crippen LogP contribution in [0.25, 0.3) is 87.6 Å². The van der Waals surface area contributed by atoms with E-state index < -0.39 is 0 Å². The van der Waals surface area contributed by atoms with Crippen LogP contribution in [0.5, 0.6) is 11.5 Å². The molecule has 0 aliphatic carbocycles. The number of ether oxygens (including phenoxy) is 3. The molecule has 3 nitrogen and oxygen atoms in total. The van der Waals surface area contributed by atoms with Gasteiger partial charge in [-0.3, -0.25) is 0 Å². The lowest BCUT2D eigenvalue weighted by Gasteiger charge is -2.18. The molecule has 11 rings (SSSR count). The molecule has 3 heteroatoms. The lowest BCUT2D eigenvalue weighted by molar-refractivity contribution is 0.183. The summed E-state index contributed by atoms with van der Waals surface area (Å²) in [5.41, 5.74) is 13.0. The summed E-state index contributed by atoms with van der Waals surface area (Å²) < 4.78 is 18.5. The van der Waals surface area contributed by atoms with Gasteiger partial charge in [0.2, 0.25) is 0 Å². The van der Waals surface area contributed by atoms with Crippen molar-refractivity contribution in [3.63, 3.8) is 0 Å². The zero-order chi connectivity index (χ0) is 43.5. The number of benzene rings is 11. The zero-order valence-corrected chi connectivity index (χ0v) is 36.2. The van der Waals surface area contributed by atoms with Crippen molar-refractivity contribution in [3.05, 3.63) is 241 Å². The molecule has 312 valence electrons. The van der Waals surface area contributed by atoms with E-state index in [1.807, 2.05) is 18.2 Å². The Balaban J connectivity index is 0.831. The Morgan fingerprint density at radius 1 is 0.262 bits per heavy atom. The van der Waals surface area contributed by atoms with Gasteiger partial charge in [0, 0.05) is 13.2 Å². The molecule has 65 heavy (non-hydrogen) atoms. The third-order valence-corrected chi connectivity index (χ3v) is 12.5. The van der Waals surface area contributed by atoms with Crippen molar-refractivity contribution in [2.75, 3.05) is 7.11 Å². The van der Waals surface area contributed by atoms with Crippen LogP contribution in [0.2, 0.25) is 0 Å². The molecule has 0 amide bonds. The van der Waals surface area contributed by atoms with Gasteiger partial charge in [-0.2, -0.15) is 0 Å². The van der Waals surface area contributed by atoms with Crippen LogP contribution < -0.4 is 9.47 Å². The van der Waals surface area contributed by atoms with Crippen molar-refractivity contribution in [2.24, 2.45) is 0 Å². The number of hydrogen-bond acceptors (Lipinski definition) is 3. The Morgan fingerprint density at radius 2 is 0.538 bits per heavy atom. The van der Waals surface area contributed by atoms with Crippen LogP contribution in [-0.4, -0.2) is 7.11 Å². The quantitative estimate of drug-likeness (QED) is 0.115. The highest BCUT2D eigenvalue weighted by Gasteiger charge is 2.18. The summed E-state index contributed by atoms with van der Waals surface area (Å²) in [6.07, 6.45) is 0. The van der Waals surface area contributed by atoms with E-state index in [2.05, 4.69) is 206 Å². The minimum absolute atomic E-state index is 0.418. The van der Waals surface area contributed by atoms with E-state index in [4.69, 9.17) is 14.2 Å². The van der Waals surface area contributed by atoms with Crippen LogP contribution >= 0.6 is 0 Å². The summed E-state index contributed by atoms with van der Waals surface area (Å²) in [4.78, 5) is 0. The third kappa shape index (κ3) is 7.77. The number of rotatable bonds is 12. The fraction of sp³-hybridized carbons (Fsp3) is 0.0645. The molecule has 0 spiro atoms. The number of fused-ring (bicyclic) bond motifs is 4. The Bertz CT molecular complexity index is 3120. The third-order valence-electron chi connectivity index (χ3n) is 12.5. The predicted molar refractivity (Wildman–Crippen MR) is 270 cm³/mol. The zero-order valence-electron chi connectivity index (χ0n) is 36.2. The largest absolute Gasteiger partial charge is 0.489 e. The first-order valence-electron chi connectivity index (χ1n) is 22.2. The van der Waals surface area contributed by atoms with Gasteiger partial charge in [0.05, 0.1) is 6.61 Å². The maximum atomic E-state index is 6.46. The van der Waals surface area contributed by atoms with Gasteiger partial charge in [-0.25, -0.2) is 0 Å². The first-order valence-corrected chi connectivity index (χ1v) is 22.2. The topological polar surface area (TPSA) is 27.7 Å². The van der Waals surface area contributed by atoms with E-state index in [1.54, 1.807) is 7.11 Å². The molecule has 0 radical (unpaired) electrons. The number of hydrogen-bond donors (Lipinski definition) is 0. The van der Waals surface area contributed by atoms with Gasteiger partial charge in [-0.1, -0.05) is 206 Å². The molecule has 0 atom stereocenters. The molecular weight excluding hydrogens is 793 g/mol. The second-order valence-electron chi connectivity index (χ2n) is 16.6. The molecule has 0 unspecified atom stereocenters. The lowest BCUT2D eigenvalue weighted by atomic mass is 9.86. The molecule has 0 aliphatic rings. The van der Waals surface area contributed by atoms with Crippen LogP contribution in [0.3, 0.4) is 0 Å². The molecule has 0 aliphatic heterocycles. The van der Waals surface area contributed by atoms with E-state index >= 15 is 0 Å². The summed E-state index contributed by atoms with van der Waals surface area (Å²) in [7, 11) is 1.71. The van der Waals surface area contributed by atoms with Gasteiger partial charge in [0.1, 0.15) is 24.7 Å². The van der Waals surface area contributed by atoms with Crippen LogP contribution in [0.1, 0.15) is 16.7 Å². The van der Waals surface area contributed by atoms with Gasteiger partial charge in [0.25, 0.3) is 0 Å². The highest BCUT2D eigenvalue weighted by molar-refractivity contribution is 6.22. The van der Waals surface area contributed by atoms with Crippen LogP contribution in [-0.2, 0) is 24.6 Å². The molecule has 0 saturated heterocycles. The molecule has 0 fully saturated rings. The maximum Gasteiger partial charge on any atom is 0.123 e. The maximum absolute atomic E-state index is 6.46. The monoisotopic (exact) mass is 838 g/mol. The Hall–Kier alpha value is -7.98. The summed E-state index contributed by atoms with van der Waals surface area (Å²) in [6, 6.07) is 80.1. The standard InChI is InChI=1S/C62H46O3/c1-63-39-44-36-49(64-40-42-28-32-47(33-29-42)61-55-24-12-8-20-51(55)59(45-16-4-2-5-17-45)52-21-9-13-25-56(52)61)38-50(37-44)65-41-43-30-34-48(35-31-43)62-57-26-14-10-22-53(57)60(46-18-6-3-7-19-46)54-23-11-15-27-58(54)62/h2-38H,39-41H2,1H3. The molecule has 11 aromatic rings. The van der Waals surface area contributed by atoms with Gasteiger partial charge < -0.3 is 14.2 Å². The SMILES string of the molecule is COCc1cc(OCc2ccc(-c3c4ccccc4c(-c4ccccc4)c4ccccc34)cc2)cc(OCc2ccc(-c3c4ccccc4c(-c4ccccc4)c4ccccc34)cc2)c1. The first-order chi connectivity index (χ1) is 32.2. The van der Waals surface area contributed by atoms with Gasteiger partial charge in [-0.05, 0) is 116 Å². The van der Waals surface area contributed by atoms with Crippen molar-refractivity contribution in [2.45, 2.75) is 19.8 Å². The van der Waals surface area contributed by atoms with E-state index in [-0.39, 0.29) is 0 Å². The van der Waals surface area contributed by atoms with Crippen molar-refractivity contribution in [1.29, 1.82) is 0 Å². The van der Waals surface area contributed by atoms with Crippen LogP contribution in [0.15, 0.2) is 224 Å². The molecule has 0 bridgehead atoms. The molecule has 0 heterocycles. The second kappa shape index (κ2) is 17.7. The molecule has 0 aromatic heterocycles. The second-order valence-corrected chi connectivity index (χ2v) is 16.6. The predicted octanol–water partition coefficient (Wildman–Crippen LogP) is 16.3. The lowest BCUT2D eigenvalue weighted by Crippen LogP contribution is -2.00. The fourth-order valence-corrected chi connectivity index (χ4v) is 9.63. The van der Waals surface area contributed by atoms with Crippen molar-refractivity contribution in [1.82, 2.24) is 0 Å². The minimum Gasteiger partial charge on any atom is -0.489 e. The van der Waals surface area contributed by atoms with Crippen molar-refractivity contribution in [3.8, 4) is 56.0 Å². The first kappa shape index (κ1) is 39.8. The summed E-state index contributed by atoms with van der Waals surface area (Å²) in [6.45, 7) is 1.29. The fourth-order valence-electron chi connectivity index (χ4n) is 9.63. The summed E-state index contributed by atoms with van der Waals surface area (Å²) in [5, 5.41) is 9.95. The van der Waals surface area contributed by atoms with E-state index in [9.17, 15) is 0 Å². The number of methoxy groups -OCH3 is 1. The van der Waals surface area contributed by atoms with Gasteiger partial charge in [0.15, 0.2) is 0 Å². The highest BCUT2D eigenvalue weighted by atomic mass is 16.5. The van der Waals surface area contributed by atoms with Crippen LogP contribution in [0.4, 0.5) is 0 Å². The molecule has 11 aromatic carbocycles. The highest BCUT2D eigenvalue weighted by Crippen LogP contribution is 2.45. The average Bonchev–Trinajstić information content (AvgIpc) is 3.37. The van der Waals surface area contributed by atoms with Crippen molar-refractivity contribution < 1.29 is 14.2 Å². The van der Waals surface area contributed by atoms with E-state index in [1.165, 1.54) is 87.6 Å². The Labute approximate surface area is 379 Å². The molecular formula is C62H46O3. The summed E-state index contributed by atoms with van der Waals surface area (Å²) >= 11 is 0. The Morgan fingerprint density at radius 3 is 0.831 bits per heavy atom. The van der Waals surface area contributed by atoms with Crippen LogP contribution in [0, 0.1) is 0 Å². The molecule has 0 N–H and O–H groups in total. The summed E-state index contributed by atoms with van der Waals surface area (Å²) in [5.74, 6) is 1.47. The normalized spacial score (nSPS) is 11.4. The smallest absolute Gasteiger partial charge is 0.123 e. The minimum atomic E-state index is 0.418.